The first-order valence-electron chi connectivity index (χ1n) is 9.91. The summed E-state index contributed by atoms with van der Waals surface area (Å²) in [7, 11) is 0. The lowest BCUT2D eigenvalue weighted by molar-refractivity contribution is -0.124. The fourth-order valence-electron chi connectivity index (χ4n) is 3.19. The average molecular weight is 458 g/mol. The van der Waals surface area contributed by atoms with Crippen LogP contribution in [-0.4, -0.2) is 23.8 Å². The van der Waals surface area contributed by atoms with Gasteiger partial charge < -0.3 is 5.32 Å². The first kappa shape index (κ1) is 22.8. The number of rotatable bonds is 6. The van der Waals surface area contributed by atoms with Gasteiger partial charge in [0, 0.05) is 15.6 Å². The second-order valence-electron chi connectivity index (χ2n) is 7.66. The van der Waals surface area contributed by atoms with Crippen molar-refractivity contribution in [2.45, 2.75) is 33.2 Å². The summed E-state index contributed by atoms with van der Waals surface area (Å²) < 4.78 is 0.882. The molecule has 0 saturated carbocycles. The smallest absolute Gasteiger partial charge is 0.281 e. The van der Waals surface area contributed by atoms with Crippen molar-refractivity contribution in [2.24, 2.45) is 5.92 Å². The predicted molar refractivity (Wildman–Crippen MR) is 124 cm³/mol. The topological polar surface area (TPSA) is 87.3 Å². The third-order valence-electron chi connectivity index (χ3n) is 4.76. The maximum absolute atomic E-state index is 12.8. The van der Waals surface area contributed by atoms with Crippen molar-refractivity contribution in [3.63, 3.8) is 0 Å². The van der Waals surface area contributed by atoms with Gasteiger partial charge in [-0.15, -0.1) is 11.3 Å². The molecule has 0 aliphatic carbocycles. The highest BCUT2D eigenvalue weighted by Crippen LogP contribution is 2.34. The normalized spacial score (nSPS) is 11.9. The number of amides is 3. The molecule has 0 bridgehead atoms. The summed E-state index contributed by atoms with van der Waals surface area (Å²) in [5.41, 5.74) is 6.16. The Morgan fingerprint density at radius 1 is 0.968 bits per heavy atom. The molecule has 0 radical (unpaired) electrons. The van der Waals surface area contributed by atoms with Crippen molar-refractivity contribution in [3.05, 3.63) is 69.6 Å². The van der Waals surface area contributed by atoms with Gasteiger partial charge in [0.15, 0.2) is 0 Å². The second-order valence-corrected chi connectivity index (χ2v) is 9.09. The van der Waals surface area contributed by atoms with Crippen LogP contribution in [0.15, 0.2) is 48.5 Å². The molecule has 8 heteroatoms. The van der Waals surface area contributed by atoms with Crippen molar-refractivity contribution in [3.8, 4) is 0 Å². The third kappa shape index (κ3) is 5.42. The molecular formula is C23H24ClN3O3S. The lowest BCUT2D eigenvalue weighted by atomic mass is 10.0. The van der Waals surface area contributed by atoms with Crippen LogP contribution in [0.5, 0.6) is 0 Å². The number of nitrogens with one attached hydrogen (secondary N) is 3. The summed E-state index contributed by atoms with van der Waals surface area (Å²) in [4.78, 5) is 38.3. The highest BCUT2D eigenvalue weighted by atomic mass is 35.5. The largest absolute Gasteiger partial charge is 0.340 e. The zero-order chi connectivity index (χ0) is 22.5. The van der Waals surface area contributed by atoms with Gasteiger partial charge in [-0.2, -0.15) is 0 Å². The summed E-state index contributed by atoms with van der Waals surface area (Å²) in [6.07, 6.45) is 0.420. The molecule has 6 nitrogen and oxygen atoms in total. The highest BCUT2D eigenvalue weighted by Gasteiger charge is 2.24. The zero-order valence-corrected chi connectivity index (χ0v) is 19.1. The molecule has 162 valence electrons. The van der Waals surface area contributed by atoms with Crippen LogP contribution in [0.25, 0.3) is 10.1 Å². The van der Waals surface area contributed by atoms with Crippen LogP contribution in [-0.2, 0) is 4.79 Å². The standard InChI is InChI=1S/C23H24ClN3O3S/c1-13(2)12-17(25-21(28)15-9-5-4-8-14(15)3)22(29)26-27-23(30)20-19(24)16-10-6-7-11-18(16)31-20/h4-11,13,17H,12H2,1-3H3,(H,25,28)(H,26,29)(H,27,30). The van der Waals surface area contributed by atoms with Crippen molar-refractivity contribution >= 4 is 50.7 Å². The van der Waals surface area contributed by atoms with E-state index >= 15 is 0 Å². The number of halogens is 1. The minimum atomic E-state index is -0.801. The summed E-state index contributed by atoms with van der Waals surface area (Å²) in [6, 6.07) is 13.8. The quantitative estimate of drug-likeness (QED) is 0.477. The van der Waals surface area contributed by atoms with Crippen molar-refractivity contribution < 1.29 is 14.4 Å². The van der Waals surface area contributed by atoms with E-state index < -0.39 is 17.9 Å². The van der Waals surface area contributed by atoms with Crippen LogP contribution >= 0.6 is 22.9 Å². The minimum absolute atomic E-state index is 0.153. The number of hydrogen-bond acceptors (Lipinski definition) is 4. The summed E-state index contributed by atoms with van der Waals surface area (Å²) in [6.45, 7) is 5.74. The summed E-state index contributed by atoms with van der Waals surface area (Å²) in [5.74, 6) is -1.19. The van der Waals surface area contributed by atoms with Crippen LogP contribution in [0.1, 0.15) is 45.9 Å². The van der Waals surface area contributed by atoms with Gasteiger partial charge in [0.25, 0.3) is 17.7 Å². The van der Waals surface area contributed by atoms with E-state index in [4.69, 9.17) is 11.6 Å². The molecule has 0 aliphatic rings. The van der Waals surface area contributed by atoms with Crippen LogP contribution in [0.4, 0.5) is 0 Å². The molecule has 0 fully saturated rings. The first-order valence-corrected chi connectivity index (χ1v) is 11.1. The molecular weight excluding hydrogens is 434 g/mol. The molecule has 31 heavy (non-hydrogen) atoms. The Hall–Kier alpha value is -2.90. The van der Waals surface area contributed by atoms with Gasteiger partial charge in [-0.25, -0.2) is 0 Å². The van der Waals surface area contributed by atoms with E-state index in [0.29, 0.717) is 21.9 Å². The number of fused-ring (bicyclic) bond motifs is 1. The number of carbonyl (C=O) groups excluding carboxylic acids is 3. The van der Waals surface area contributed by atoms with Crippen LogP contribution in [0.2, 0.25) is 5.02 Å². The maximum Gasteiger partial charge on any atom is 0.281 e. The van der Waals surface area contributed by atoms with Crippen molar-refractivity contribution in [2.75, 3.05) is 0 Å². The molecule has 3 N–H and O–H groups in total. The fraction of sp³-hybridized carbons (Fsp3) is 0.261. The number of thiophene rings is 1. The first-order chi connectivity index (χ1) is 14.8. The van der Waals surface area contributed by atoms with E-state index in [-0.39, 0.29) is 11.8 Å². The van der Waals surface area contributed by atoms with E-state index in [1.54, 1.807) is 12.1 Å². The van der Waals surface area contributed by atoms with Crippen LogP contribution in [0, 0.1) is 12.8 Å². The number of hydrazine groups is 1. The number of hydrogen-bond donors (Lipinski definition) is 3. The number of aryl methyl sites for hydroxylation is 1. The maximum atomic E-state index is 12.8. The van der Waals surface area contributed by atoms with Gasteiger partial charge >= 0.3 is 0 Å². The van der Waals surface area contributed by atoms with E-state index in [0.717, 1.165) is 15.6 Å². The van der Waals surface area contributed by atoms with Gasteiger partial charge in [-0.05, 0) is 37.0 Å². The average Bonchev–Trinajstić information content (AvgIpc) is 3.08. The molecule has 2 aromatic carbocycles. The lowest BCUT2D eigenvalue weighted by Gasteiger charge is -2.20. The Balaban J connectivity index is 1.68. The molecule has 3 aromatic rings. The van der Waals surface area contributed by atoms with Crippen LogP contribution < -0.4 is 16.2 Å². The highest BCUT2D eigenvalue weighted by molar-refractivity contribution is 7.21. The van der Waals surface area contributed by atoms with E-state index in [9.17, 15) is 14.4 Å². The Bertz CT molecular complexity index is 1130. The Morgan fingerprint density at radius 2 is 1.65 bits per heavy atom. The monoisotopic (exact) mass is 457 g/mol. The minimum Gasteiger partial charge on any atom is -0.340 e. The molecule has 1 aromatic heterocycles. The van der Waals surface area contributed by atoms with E-state index in [1.165, 1.54) is 11.3 Å². The van der Waals surface area contributed by atoms with Crippen LogP contribution in [0.3, 0.4) is 0 Å². The molecule has 0 spiro atoms. The summed E-state index contributed by atoms with van der Waals surface area (Å²) >= 11 is 7.58. The predicted octanol–water partition coefficient (Wildman–Crippen LogP) is 4.47. The molecule has 0 saturated heterocycles. The van der Waals surface area contributed by atoms with Crippen molar-refractivity contribution in [1.29, 1.82) is 0 Å². The van der Waals surface area contributed by atoms with Gasteiger partial charge in [-0.3, -0.25) is 25.2 Å². The number of carbonyl (C=O) groups is 3. The molecule has 3 amide bonds. The molecule has 1 atom stereocenters. The fourth-order valence-corrected chi connectivity index (χ4v) is 4.60. The third-order valence-corrected chi connectivity index (χ3v) is 6.43. The molecule has 1 heterocycles. The van der Waals surface area contributed by atoms with Gasteiger partial charge in [-0.1, -0.05) is 61.8 Å². The Kier molecular flexibility index (Phi) is 7.30. The molecule has 1 unspecified atom stereocenters. The molecule has 3 rings (SSSR count). The lowest BCUT2D eigenvalue weighted by Crippen LogP contribution is -2.52. The Morgan fingerprint density at radius 3 is 2.32 bits per heavy atom. The van der Waals surface area contributed by atoms with Gasteiger partial charge in [0.2, 0.25) is 0 Å². The van der Waals surface area contributed by atoms with Gasteiger partial charge in [0.1, 0.15) is 10.9 Å². The van der Waals surface area contributed by atoms with Crippen molar-refractivity contribution in [1.82, 2.24) is 16.2 Å². The number of benzene rings is 2. The summed E-state index contributed by atoms with van der Waals surface area (Å²) in [5, 5.41) is 3.91. The van der Waals surface area contributed by atoms with E-state index in [2.05, 4.69) is 16.2 Å². The SMILES string of the molecule is Cc1ccccc1C(=O)NC(CC(C)C)C(=O)NNC(=O)c1sc2ccccc2c1Cl. The molecule has 0 aliphatic heterocycles. The second kappa shape index (κ2) is 9.94. The van der Waals surface area contributed by atoms with E-state index in [1.807, 2.05) is 57.2 Å². The van der Waals surface area contributed by atoms with Gasteiger partial charge in [0.05, 0.1) is 5.02 Å². The zero-order valence-electron chi connectivity index (χ0n) is 17.5. The Labute approximate surface area is 190 Å².